The molecule has 8 heteroatoms. The smallest absolute Gasteiger partial charge is 0.328 e. The summed E-state index contributed by atoms with van der Waals surface area (Å²) in [5, 5.41) is 11.3. The summed E-state index contributed by atoms with van der Waals surface area (Å²) in [5.74, 6) is -1.77. The van der Waals surface area contributed by atoms with Gasteiger partial charge >= 0.3 is 5.97 Å². The molecule has 0 aromatic heterocycles. The molecule has 22 heavy (non-hydrogen) atoms. The molecule has 0 bridgehead atoms. The summed E-state index contributed by atoms with van der Waals surface area (Å²) in [6.07, 6.45) is 1.41. The molecule has 1 amide bonds. The Morgan fingerprint density at radius 1 is 1.27 bits per heavy atom. The Morgan fingerprint density at radius 3 is 2.27 bits per heavy atom. The standard InChI is InChI=1S/C14H18N2O5S/c1-4-9-15-22(20,21)11-7-5-10(6-8-11)12(17)16-14(2,3)13(18)19/h4-8,15H,1,9H2,2-3H3,(H,16,17)(H,18,19). The van der Waals surface area contributed by atoms with Crippen LogP contribution in [0.3, 0.4) is 0 Å². The van der Waals surface area contributed by atoms with Crippen LogP contribution in [0.25, 0.3) is 0 Å². The molecule has 3 N–H and O–H groups in total. The van der Waals surface area contributed by atoms with E-state index in [1.807, 2.05) is 0 Å². The number of sulfonamides is 1. The predicted molar refractivity (Wildman–Crippen MR) is 81.0 cm³/mol. The molecule has 120 valence electrons. The van der Waals surface area contributed by atoms with E-state index in [4.69, 9.17) is 5.11 Å². The molecule has 0 saturated carbocycles. The van der Waals surface area contributed by atoms with Crippen LogP contribution in [-0.2, 0) is 14.8 Å². The first-order valence-electron chi connectivity index (χ1n) is 6.36. The zero-order chi connectivity index (χ0) is 17.0. The molecule has 0 radical (unpaired) electrons. The van der Waals surface area contributed by atoms with Gasteiger partial charge in [0.15, 0.2) is 0 Å². The fourth-order valence-corrected chi connectivity index (χ4v) is 2.45. The zero-order valence-electron chi connectivity index (χ0n) is 12.3. The van der Waals surface area contributed by atoms with Gasteiger partial charge in [-0.05, 0) is 38.1 Å². The fraction of sp³-hybridized carbons (Fsp3) is 0.286. The average molecular weight is 326 g/mol. The van der Waals surface area contributed by atoms with Crippen LogP contribution >= 0.6 is 0 Å². The maximum atomic E-state index is 11.9. The monoisotopic (exact) mass is 326 g/mol. The Kier molecular flexibility index (Phi) is 5.45. The second-order valence-corrected chi connectivity index (χ2v) is 6.82. The van der Waals surface area contributed by atoms with E-state index >= 15 is 0 Å². The number of hydrogen-bond acceptors (Lipinski definition) is 4. The van der Waals surface area contributed by atoms with E-state index in [1.54, 1.807) is 0 Å². The molecule has 0 atom stereocenters. The Balaban J connectivity index is 2.91. The number of aliphatic carboxylic acids is 1. The molecule has 1 rings (SSSR count). The lowest BCUT2D eigenvalue weighted by atomic mass is 10.1. The third kappa shape index (κ3) is 4.40. The summed E-state index contributed by atoms with van der Waals surface area (Å²) in [6, 6.07) is 5.17. The van der Waals surface area contributed by atoms with Crippen molar-refractivity contribution in [1.82, 2.24) is 10.0 Å². The van der Waals surface area contributed by atoms with Crippen LogP contribution < -0.4 is 10.0 Å². The van der Waals surface area contributed by atoms with E-state index < -0.39 is 27.4 Å². The second kappa shape index (κ2) is 6.71. The van der Waals surface area contributed by atoms with Crippen LogP contribution in [0.5, 0.6) is 0 Å². The summed E-state index contributed by atoms with van der Waals surface area (Å²) in [4.78, 5) is 22.9. The summed E-state index contributed by atoms with van der Waals surface area (Å²) < 4.78 is 26.0. The molecule has 1 aromatic carbocycles. The number of benzene rings is 1. The molecule has 7 nitrogen and oxygen atoms in total. The number of carbonyl (C=O) groups excluding carboxylic acids is 1. The normalized spacial score (nSPS) is 11.7. The Hall–Kier alpha value is -2.19. The van der Waals surface area contributed by atoms with E-state index in [1.165, 1.54) is 44.2 Å². The number of nitrogens with one attached hydrogen (secondary N) is 2. The van der Waals surface area contributed by atoms with Crippen molar-refractivity contribution < 1.29 is 23.1 Å². The van der Waals surface area contributed by atoms with Crippen molar-refractivity contribution in [2.45, 2.75) is 24.3 Å². The van der Waals surface area contributed by atoms with Crippen molar-refractivity contribution in [1.29, 1.82) is 0 Å². The van der Waals surface area contributed by atoms with Crippen LogP contribution in [0.1, 0.15) is 24.2 Å². The van der Waals surface area contributed by atoms with Gasteiger partial charge in [-0.2, -0.15) is 0 Å². The molecule has 0 unspecified atom stereocenters. The van der Waals surface area contributed by atoms with Crippen molar-refractivity contribution in [3.05, 3.63) is 42.5 Å². The predicted octanol–water partition coefficient (Wildman–Crippen LogP) is 0.744. The number of carbonyl (C=O) groups is 2. The molecule has 0 fully saturated rings. The summed E-state index contributed by atoms with van der Waals surface area (Å²) in [6.45, 7) is 6.21. The van der Waals surface area contributed by atoms with Crippen LogP contribution in [0.2, 0.25) is 0 Å². The van der Waals surface area contributed by atoms with Crippen LogP contribution in [-0.4, -0.2) is 37.5 Å². The van der Waals surface area contributed by atoms with Gasteiger partial charge in [0.05, 0.1) is 4.90 Å². The first-order chi connectivity index (χ1) is 10.1. The lowest BCUT2D eigenvalue weighted by Gasteiger charge is -2.21. The van der Waals surface area contributed by atoms with Crippen molar-refractivity contribution in [2.75, 3.05) is 6.54 Å². The fourth-order valence-electron chi connectivity index (χ4n) is 1.45. The van der Waals surface area contributed by atoms with E-state index in [0.717, 1.165) is 0 Å². The third-order valence-electron chi connectivity index (χ3n) is 2.81. The molecular weight excluding hydrogens is 308 g/mol. The molecule has 0 aliphatic rings. The van der Waals surface area contributed by atoms with Crippen molar-refractivity contribution in [2.24, 2.45) is 0 Å². The number of carboxylic acid groups (broad SMARTS) is 1. The van der Waals surface area contributed by atoms with Gasteiger partial charge in [0.1, 0.15) is 5.54 Å². The van der Waals surface area contributed by atoms with E-state index in [-0.39, 0.29) is 17.0 Å². The lowest BCUT2D eigenvalue weighted by Crippen LogP contribution is -2.49. The Morgan fingerprint density at radius 2 is 1.82 bits per heavy atom. The molecular formula is C14H18N2O5S. The zero-order valence-corrected chi connectivity index (χ0v) is 13.1. The van der Waals surface area contributed by atoms with Gasteiger partial charge in [-0.25, -0.2) is 17.9 Å². The minimum Gasteiger partial charge on any atom is -0.480 e. The van der Waals surface area contributed by atoms with Gasteiger partial charge in [-0.15, -0.1) is 6.58 Å². The summed E-state index contributed by atoms with van der Waals surface area (Å²) >= 11 is 0. The van der Waals surface area contributed by atoms with Gasteiger partial charge in [-0.3, -0.25) is 4.79 Å². The molecule has 0 saturated heterocycles. The van der Waals surface area contributed by atoms with Gasteiger partial charge < -0.3 is 10.4 Å². The van der Waals surface area contributed by atoms with Gasteiger partial charge in [0.2, 0.25) is 10.0 Å². The largest absolute Gasteiger partial charge is 0.480 e. The minimum absolute atomic E-state index is 0.00314. The highest BCUT2D eigenvalue weighted by molar-refractivity contribution is 7.89. The van der Waals surface area contributed by atoms with E-state index in [9.17, 15) is 18.0 Å². The third-order valence-corrected chi connectivity index (χ3v) is 4.24. The lowest BCUT2D eigenvalue weighted by molar-refractivity contribution is -0.143. The van der Waals surface area contributed by atoms with Crippen molar-refractivity contribution >= 4 is 21.9 Å². The quantitative estimate of drug-likeness (QED) is 0.640. The Bertz CT molecular complexity index is 678. The van der Waals surface area contributed by atoms with Crippen LogP contribution in [0.4, 0.5) is 0 Å². The van der Waals surface area contributed by atoms with E-state index in [2.05, 4.69) is 16.6 Å². The van der Waals surface area contributed by atoms with Crippen LogP contribution in [0.15, 0.2) is 41.8 Å². The van der Waals surface area contributed by atoms with Crippen molar-refractivity contribution in [3.63, 3.8) is 0 Å². The maximum Gasteiger partial charge on any atom is 0.328 e. The molecule has 1 aromatic rings. The van der Waals surface area contributed by atoms with Crippen molar-refractivity contribution in [3.8, 4) is 0 Å². The maximum absolute atomic E-state index is 11.9. The SMILES string of the molecule is C=CCNS(=O)(=O)c1ccc(C(=O)NC(C)(C)C(=O)O)cc1. The second-order valence-electron chi connectivity index (χ2n) is 5.05. The number of carboxylic acids is 1. The highest BCUT2D eigenvalue weighted by Gasteiger charge is 2.29. The first-order valence-corrected chi connectivity index (χ1v) is 7.85. The van der Waals surface area contributed by atoms with Gasteiger partial charge in [0, 0.05) is 12.1 Å². The number of rotatable bonds is 7. The number of hydrogen-bond donors (Lipinski definition) is 3. The highest BCUT2D eigenvalue weighted by Crippen LogP contribution is 2.12. The number of amides is 1. The van der Waals surface area contributed by atoms with Gasteiger partial charge in [0.25, 0.3) is 5.91 Å². The molecule has 0 aliphatic carbocycles. The Labute approximate surface area is 129 Å². The minimum atomic E-state index is -3.66. The molecule has 0 heterocycles. The van der Waals surface area contributed by atoms with Gasteiger partial charge in [-0.1, -0.05) is 6.08 Å². The summed E-state index contributed by atoms with van der Waals surface area (Å²) in [7, 11) is -3.66. The van der Waals surface area contributed by atoms with Crippen LogP contribution in [0, 0.1) is 0 Å². The topological polar surface area (TPSA) is 113 Å². The molecule has 0 aliphatic heterocycles. The first kappa shape index (κ1) is 17.9. The summed E-state index contributed by atoms with van der Waals surface area (Å²) in [5.41, 5.74) is -1.26. The highest BCUT2D eigenvalue weighted by atomic mass is 32.2. The van der Waals surface area contributed by atoms with E-state index in [0.29, 0.717) is 0 Å². The molecule has 0 spiro atoms. The average Bonchev–Trinajstić information content (AvgIpc) is 2.44.